The number of nitrogens with one attached hydrogen (secondary N) is 1. The molecule has 0 radical (unpaired) electrons. The molecule has 1 rings (SSSR count). The highest BCUT2D eigenvalue weighted by Crippen LogP contribution is 2.17. The minimum atomic E-state index is -0.998. The summed E-state index contributed by atoms with van der Waals surface area (Å²) in [5, 5.41) is 12.1. The van der Waals surface area contributed by atoms with Gasteiger partial charge in [-0.1, -0.05) is 33.3 Å². The lowest BCUT2D eigenvalue weighted by atomic mass is 9.98. The highest BCUT2D eigenvalue weighted by molar-refractivity contribution is 5.90. The van der Waals surface area contributed by atoms with Crippen molar-refractivity contribution in [1.29, 1.82) is 0 Å². The van der Waals surface area contributed by atoms with Crippen molar-refractivity contribution in [2.45, 2.75) is 71.5 Å². The number of carbonyl (C=O) groups excluding carboxylic acids is 2. The molecule has 0 aromatic carbocycles. The van der Waals surface area contributed by atoms with Crippen LogP contribution < -0.4 is 5.32 Å². The van der Waals surface area contributed by atoms with Gasteiger partial charge in [0.2, 0.25) is 11.8 Å². The Bertz CT molecular complexity index is 574. The summed E-state index contributed by atoms with van der Waals surface area (Å²) in [6.45, 7) is 8.16. The van der Waals surface area contributed by atoms with Crippen molar-refractivity contribution in [2.24, 2.45) is 5.92 Å². The van der Waals surface area contributed by atoms with Crippen molar-refractivity contribution < 1.29 is 19.5 Å². The number of carboxylic acids is 1. The van der Waals surface area contributed by atoms with E-state index in [2.05, 4.69) is 5.32 Å². The maximum absolute atomic E-state index is 13.0. The van der Waals surface area contributed by atoms with Gasteiger partial charge in [-0.2, -0.15) is 0 Å². The Kier molecular flexibility index (Phi) is 8.96. The third kappa shape index (κ3) is 6.34. The Morgan fingerprint density at radius 3 is 2.41 bits per heavy atom. The Morgan fingerprint density at radius 1 is 1.30 bits per heavy atom. The standard InChI is InChI=1S/C20H35N3O4/c1-7-15(21-18(24)16-10-8-9-11-22(16)5)19(25)23(6)17(13(2)3)12-14(4)20(26)27/h12-13,15-17H,7-11H2,1-6H3,(H,21,24)(H,26,27)/b14-12+/t15-,16+,17+/m0/s1. The first kappa shape index (κ1) is 23.1. The summed E-state index contributed by atoms with van der Waals surface area (Å²) >= 11 is 0. The second kappa shape index (κ2) is 10.4. The first-order chi connectivity index (χ1) is 12.6. The van der Waals surface area contributed by atoms with Crippen LogP contribution in [0.1, 0.15) is 53.4 Å². The maximum atomic E-state index is 13.0. The zero-order valence-electron chi connectivity index (χ0n) is 17.5. The summed E-state index contributed by atoms with van der Waals surface area (Å²) in [5.74, 6) is -1.25. The Balaban J connectivity index is 2.89. The molecule has 1 aliphatic heterocycles. The monoisotopic (exact) mass is 381 g/mol. The van der Waals surface area contributed by atoms with E-state index in [9.17, 15) is 14.4 Å². The van der Waals surface area contributed by atoms with E-state index < -0.39 is 12.0 Å². The molecule has 0 aromatic rings. The summed E-state index contributed by atoms with van der Waals surface area (Å²) in [4.78, 5) is 40.4. The zero-order valence-corrected chi connectivity index (χ0v) is 17.5. The highest BCUT2D eigenvalue weighted by atomic mass is 16.4. The second-order valence-corrected chi connectivity index (χ2v) is 7.80. The number of piperidine rings is 1. The summed E-state index contributed by atoms with van der Waals surface area (Å²) in [6, 6.07) is -1.16. The lowest BCUT2D eigenvalue weighted by molar-refractivity contribution is -0.138. The van der Waals surface area contributed by atoms with Crippen LogP contribution in [0, 0.1) is 5.92 Å². The third-order valence-electron chi connectivity index (χ3n) is 5.33. The van der Waals surface area contributed by atoms with Gasteiger partial charge in [0.15, 0.2) is 0 Å². The van der Waals surface area contributed by atoms with Gasteiger partial charge in [0.05, 0.1) is 12.1 Å². The number of carboxylic acid groups (broad SMARTS) is 1. The fourth-order valence-corrected chi connectivity index (χ4v) is 3.48. The van der Waals surface area contributed by atoms with Crippen LogP contribution >= 0.6 is 0 Å². The van der Waals surface area contributed by atoms with Gasteiger partial charge in [0, 0.05) is 12.6 Å². The summed E-state index contributed by atoms with van der Waals surface area (Å²) in [5.41, 5.74) is 0.203. The van der Waals surface area contributed by atoms with Crippen LogP contribution in [0.2, 0.25) is 0 Å². The van der Waals surface area contributed by atoms with Crippen LogP contribution in [0.15, 0.2) is 11.6 Å². The number of likely N-dealkylation sites (tertiary alicyclic amines) is 1. The quantitative estimate of drug-likeness (QED) is 0.627. The fraction of sp³-hybridized carbons (Fsp3) is 0.750. The zero-order chi connectivity index (χ0) is 20.7. The number of rotatable bonds is 8. The molecule has 1 fully saturated rings. The van der Waals surface area contributed by atoms with E-state index in [1.165, 1.54) is 6.92 Å². The van der Waals surface area contributed by atoms with E-state index in [1.54, 1.807) is 18.0 Å². The molecule has 0 aromatic heterocycles. The van der Waals surface area contributed by atoms with Gasteiger partial charge in [0.25, 0.3) is 0 Å². The minimum Gasteiger partial charge on any atom is -0.478 e. The van der Waals surface area contributed by atoms with Gasteiger partial charge < -0.3 is 15.3 Å². The molecule has 0 unspecified atom stereocenters. The lowest BCUT2D eigenvalue weighted by Gasteiger charge is -2.35. The predicted molar refractivity (Wildman–Crippen MR) is 105 cm³/mol. The average Bonchev–Trinajstić information content (AvgIpc) is 2.62. The SMILES string of the molecule is CC[C@H](NC(=O)[C@H]1CCCCN1C)C(=O)N(C)[C@H](/C=C(\C)C(=O)O)C(C)C. The molecule has 0 spiro atoms. The van der Waals surface area contributed by atoms with E-state index in [0.29, 0.717) is 6.42 Å². The molecule has 0 saturated carbocycles. The molecule has 2 N–H and O–H groups in total. The molecule has 27 heavy (non-hydrogen) atoms. The molecule has 0 bridgehead atoms. The van der Waals surface area contributed by atoms with Crippen molar-refractivity contribution in [3.05, 3.63) is 11.6 Å². The summed E-state index contributed by atoms with van der Waals surface area (Å²) in [6.07, 6.45) is 5.00. The van der Waals surface area contributed by atoms with E-state index in [0.717, 1.165) is 25.8 Å². The van der Waals surface area contributed by atoms with Crippen LogP contribution in [0.4, 0.5) is 0 Å². The van der Waals surface area contributed by atoms with Gasteiger partial charge in [-0.15, -0.1) is 0 Å². The van der Waals surface area contributed by atoms with Crippen molar-refractivity contribution in [2.75, 3.05) is 20.6 Å². The van der Waals surface area contributed by atoms with Gasteiger partial charge in [0.1, 0.15) is 6.04 Å². The second-order valence-electron chi connectivity index (χ2n) is 7.80. The normalized spacial score (nSPS) is 20.9. The number of likely N-dealkylation sites (N-methyl/N-ethyl adjacent to an activating group) is 2. The van der Waals surface area contributed by atoms with Crippen LogP contribution in [0.25, 0.3) is 0 Å². The molecule has 1 aliphatic rings. The molecule has 7 heteroatoms. The van der Waals surface area contributed by atoms with Crippen LogP contribution in [0.5, 0.6) is 0 Å². The maximum Gasteiger partial charge on any atom is 0.331 e. The molecule has 0 aliphatic carbocycles. The van der Waals surface area contributed by atoms with Crippen LogP contribution in [-0.2, 0) is 14.4 Å². The topological polar surface area (TPSA) is 90.0 Å². The predicted octanol–water partition coefficient (Wildman–Crippen LogP) is 1.88. The molecule has 1 heterocycles. The van der Waals surface area contributed by atoms with Crippen molar-refractivity contribution in [1.82, 2.24) is 15.1 Å². The average molecular weight is 382 g/mol. The minimum absolute atomic E-state index is 0.0472. The van der Waals surface area contributed by atoms with Crippen LogP contribution in [0.3, 0.4) is 0 Å². The van der Waals surface area contributed by atoms with Gasteiger partial charge in [-0.3, -0.25) is 14.5 Å². The molecule has 3 atom stereocenters. The number of aliphatic carboxylic acids is 1. The third-order valence-corrected chi connectivity index (χ3v) is 5.33. The van der Waals surface area contributed by atoms with Crippen molar-refractivity contribution in [3.8, 4) is 0 Å². The number of hydrogen-bond donors (Lipinski definition) is 2. The smallest absolute Gasteiger partial charge is 0.331 e. The van der Waals surface area contributed by atoms with Gasteiger partial charge >= 0.3 is 5.97 Å². The van der Waals surface area contributed by atoms with E-state index >= 15 is 0 Å². The molecular weight excluding hydrogens is 346 g/mol. The van der Waals surface area contributed by atoms with Gasteiger partial charge in [-0.25, -0.2) is 4.79 Å². The molecule has 1 saturated heterocycles. The fourth-order valence-electron chi connectivity index (χ4n) is 3.48. The Morgan fingerprint density at radius 2 is 1.93 bits per heavy atom. The summed E-state index contributed by atoms with van der Waals surface area (Å²) < 4.78 is 0. The van der Waals surface area contributed by atoms with Crippen LogP contribution in [-0.4, -0.2) is 71.5 Å². The van der Waals surface area contributed by atoms with E-state index in [4.69, 9.17) is 5.11 Å². The molecule has 2 amide bonds. The van der Waals surface area contributed by atoms with Crippen molar-refractivity contribution >= 4 is 17.8 Å². The van der Waals surface area contributed by atoms with Gasteiger partial charge in [-0.05, 0) is 45.7 Å². The number of carbonyl (C=O) groups is 3. The number of amides is 2. The largest absolute Gasteiger partial charge is 0.478 e. The van der Waals surface area contributed by atoms with E-state index in [-0.39, 0.29) is 35.4 Å². The summed E-state index contributed by atoms with van der Waals surface area (Å²) in [7, 11) is 3.60. The number of nitrogens with zero attached hydrogens (tertiary/aromatic N) is 2. The molecule has 154 valence electrons. The molecule has 7 nitrogen and oxygen atoms in total. The highest BCUT2D eigenvalue weighted by Gasteiger charge is 2.32. The van der Waals surface area contributed by atoms with Crippen molar-refractivity contribution in [3.63, 3.8) is 0 Å². The van der Waals surface area contributed by atoms with E-state index in [1.807, 2.05) is 32.7 Å². The Labute approximate surface area is 162 Å². The number of hydrogen-bond acceptors (Lipinski definition) is 4. The molecular formula is C20H35N3O4. The lowest BCUT2D eigenvalue weighted by Crippen LogP contribution is -2.55. The first-order valence-corrected chi connectivity index (χ1v) is 9.79. The Hall–Kier alpha value is -1.89. The first-order valence-electron chi connectivity index (χ1n) is 9.79.